The molecule has 0 aliphatic rings. The van der Waals surface area contributed by atoms with Gasteiger partial charge in [-0.05, 0) is 23.8 Å². The number of ether oxygens (including phenoxy) is 1. The van der Waals surface area contributed by atoms with Gasteiger partial charge in [-0.2, -0.15) is 0 Å². The number of methoxy groups -OCH3 is 1. The molecule has 0 unspecified atom stereocenters. The minimum absolute atomic E-state index is 0.0554. The zero-order chi connectivity index (χ0) is 12.9. The predicted molar refractivity (Wildman–Crippen MR) is 63.6 cm³/mol. The summed E-state index contributed by atoms with van der Waals surface area (Å²) in [5.41, 5.74) is 6.12. The number of anilines is 1. The minimum atomic E-state index is -3.50. The van der Waals surface area contributed by atoms with E-state index in [1.165, 1.54) is 25.3 Å². The number of sulfonamides is 1. The van der Waals surface area contributed by atoms with Crippen LogP contribution in [0.15, 0.2) is 18.2 Å². The van der Waals surface area contributed by atoms with E-state index in [-0.39, 0.29) is 18.9 Å². The summed E-state index contributed by atoms with van der Waals surface area (Å²) in [4.78, 5) is 0. The maximum Gasteiger partial charge on any atom is 0.235 e. The van der Waals surface area contributed by atoms with Gasteiger partial charge in [-0.1, -0.05) is 0 Å². The molecular formula is C10H15FN2O3S. The smallest absolute Gasteiger partial charge is 0.235 e. The normalized spacial score (nSPS) is 11.5. The molecule has 5 nitrogen and oxygen atoms in total. The summed E-state index contributed by atoms with van der Waals surface area (Å²) >= 11 is 0. The molecule has 7 heteroatoms. The van der Waals surface area contributed by atoms with E-state index < -0.39 is 15.8 Å². The van der Waals surface area contributed by atoms with Gasteiger partial charge in [0.05, 0.1) is 18.0 Å². The second-order valence-electron chi connectivity index (χ2n) is 3.42. The topological polar surface area (TPSA) is 81.4 Å². The summed E-state index contributed by atoms with van der Waals surface area (Å²) in [5, 5.41) is 0. The third kappa shape index (κ3) is 4.29. The highest BCUT2D eigenvalue weighted by Crippen LogP contribution is 2.17. The van der Waals surface area contributed by atoms with Crippen molar-refractivity contribution in [3.63, 3.8) is 0 Å². The van der Waals surface area contributed by atoms with Gasteiger partial charge in [0.2, 0.25) is 10.0 Å². The standard InChI is InChI=1S/C10H15FN2O3S/c1-16-4-5-17(14,15)13-10-3-2-9(11)6-8(10)7-12/h2-3,6,13H,4-5,7,12H2,1H3. The van der Waals surface area contributed by atoms with Gasteiger partial charge in [-0.15, -0.1) is 0 Å². The third-order valence-electron chi connectivity index (χ3n) is 2.11. The maximum atomic E-state index is 12.9. The van der Waals surface area contributed by atoms with Crippen LogP contribution in [-0.4, -0.2) is 27.9 Å². The molecule has 1 rings (SSSR count). The zero-order valence-electron chi connectivity index (χ0n) is 9.44. The lowest BCUT2D eigenvalue weighted by Gasteiger charge is -2.11. The fourth-order valence-corrected chi connectivity index (χ4v) is 2.26. The molecule has 0 saturated heterocycles. The summed E-state index contributed by atoms with van der Waals surface area (Å²) in [5.74, 6) is -0.615. The Morgan fingerprint density at radius 1 is 1.47 bits per heavy atom. The highest BCUT2D eigenvalue weighted by Gasteiger charge is 2.12. The van der Waals surface area contributed by atoms with Crippen LogP contribution >= 0.6 is 0 Å². The highest BCUT2D eigenvalue weighted by atomic mass is 32.2. The molecule has 1 aromatic rings. The van der Waals surface area contributed by atoms with Crippen molar-refractivity contribution >= 4 is 15.7 Å². The zero-order valence-corrected chi connectivity index (χ0v) is 10.3. The molecule has 0 aromatic heterocycles. The summed E-state index contributed by atoms with van der Waals surface area (Å²) < 4.78 is 43.1. The van der Waals surface area contributed by atoms with Crippen LogP contribution in [0.2, 0.25) is 0 Å². The fourth-order valence-electron chi connectivity index (χ4n) is 1.24. The van der Waals surface area contributed by atoms with Crippen molar-refractivity contribution < 1.29 is 17.5 Å². The second kappa shape index (κ2) is 5.95. The van der Waals surface area contributed by atoms with Crippen molar-refractivity contribution in [2.75, 3.05) is 24.2 Å². The number of halogens is 1. The van der Waals surface area contributed by atoms with Gasteiger partial charge in [-0.3, -0.25) is 4.72 Å². The first kappa shape index (κ1) is 13.9. The Morgan fingerprint density at radius 3 is 2.76 bits per heavy atom. The van der Waals surface area contributed by atoms with Crippen LogP contribution in [0.25, 0.3) is 0 Å². The molecule has 3 N–H and O–H groups in total. The van der Waals surface area contributed by atoms with E-state index in [9.17, 15) is 12.8 Å². The Morgan fingerprint density at radius 2 is 2.18 bits per heavy atom. The third-order valence-corrected chi connectivity index (χ3v) is 3.34. The van der Waals surface area contributed by atoms with E-state index in [1.54, 1.807) is 0 Å². The van der Waals surface area contributed by atoms with Crippen molar-refractivity contribution in [2.45, 2.75) is 6.54 Å². The number of nitrogens with two attached hydrogens (primary N) is 1. The summed E-state index contributed by atoms with van der Waals surface area (Å²) in [7, 11) is -2.08. The molecular weight excluding hydrogens is 247 g/mol. The lowest BCUT2D eigenvalue weighted by Crippen LogP contribution is -2.21. The Labute approximate surface area is 99.8 Å². The van der Waals surface area contributed by atoms with Crippen molar-refractivity contribution in [1.82, 2.24) is 0 Å². The molecule has 0 saturated carbocycles. The largest absolute Gasteiger partial charge is 0.384 e. The number of benzene rings is 1. The molecule has 0 spiro atoms. The minimum Gasteiger partial charge on any atom is -0.384 e. The van der Waals surface area contributed by atoms with Crippen LogP contribution in [0.1, 0.15) is 5.56 Å². The van der Waals surface area contributed by atoms with Crippen LogP contribution in [0.4, 0.5) is 10.1 Å². The predicted octanol–water partition coefficient (Wildman–Crippen LogP) is 0.672. The quantitative estimate of drug-likeness (QED) is 0.789. The molecule has 0 fully saturated rings. The van der Waals surface area contributed by atoms with Gasteiger partial charge >= 0.3 is 0 Å². The Kier molecular flexibility index (Phi) is 4.86. The van der Waals surface area contributed by atoms with Crippen molar-refractivity contribution in [3.05, 3.63) is 29.6 Å². The van der Waals surface area contributed by atoms with Crippen LogP contribution in [-0.2, 0) is 21.3 Å². The van der Waals surface area contributed by atoms with E-state index in [0.717, 1.165) is 0 Å². The van der Waals surface area contributed by atoms with Gasteiger partial charge in [0.25, 0.3) is 0 Å². The van der Waals surface area contributed by atoms with Crippen LogP contribution < -0.4 is 10.5 Å². The highest BCUT2D eigenvalue weighted by molar-refractivity contribution is 7.92. The lowest BCUT2D eigenvalue weighted by molar-refractivity contribution is 0.217. The first-order valence-electron chi connectivity index (χ1n) is 4.96. The first-order chi connectivity index (χ1) is 7.98. The van der Waals surface area contributed by atoms with Crippen molar-refractivity contribution in [3.8, 4) is 0 Å². The SMILES string of the molecule is COCCS(=O)(=O)Nc1ccc(F)cc1CN. The van der Waals surface area contributed by atoms with Crippen molar-refractivity contribution in [1.29, 1.82) is 0 Å². The fraction of sp³-hybridized carbons (Fsp3) is 0.400. The number of hydrogen-bond donors (Lipinski definition) is 2. The van der Waals surface area contributed by atoms with Gasteiger partial charge in [0, 0.05) is 13.7 Å². The number of nitrogens with one attached hydrogen (secondary N) is 1. The lowest BCUT2D eigenvalue weighted by atomic mass is 10.2. The van der Waals surface area contributed by atoms with Crippen LogP contribution in [0.5, 0.6) is 0 Å². The number of rotatable bonds is 6. The Hall–Kier alpha value is -1.18. The van der Waals surface area contributed by atoms with Crippen LogP contribution in [0, 0.1) is 5.82 Å². The maximum absolute atomic E-state index is 12.9. The monoisotopic (exact) mass is 262 g/mol. The van der Waals surface area contributed by atoms with E-state index in [0.29, 0.717) is 11.3 Å². The molecule has 0 aliphatic heterocycles. The molecule has 1 aromatic carbocycles. The average molecular weight is 262 g/mol. The van der Waals surface area contributed by atoms with Crippen LogP contribution in [0.3, 0.4) is 0 Å². The molecule has 0 amide bonds. The Bertz CT molecular complexity index is 476. The summed E-state index contributed by atoms with van der Waals surface area (Å²) in [6.07, 6.45) is 0. The van der Waals surface area contributed by atoms with E-state index in [1.807, 2.05) is 0 Å². The van der Waals surface area contributed by atoms with E-state index in [2.05, 4.69) is 9.46 Å². The van der Waals surface area contributed by atoms with Gasteiger partial charge in [0.15, 0.2) is 0 Å². The molecule has 0 bridgehead atoms. The van der Waals surface area contributed by atoms with Gasteiger partial charge in [0.1, 0.15) is 5.82 Å². The number of hydrogen-bond acceptors (Lipinski definition) is 4. The Balaban J connectivity index is 2.87. The molecule has 17 heavy (non-hydrogen) atoms. The summed E-state index contributed by atoms with van der Waals surface area (Å²) in [6.45, 7) is 0.147. The molecule has 0 heterocycles. The average Bonchev–Trinajstić information content (AvgIpc) is 2.28. The molecule has 0 radical (unpaired) electrons. The van der Waals surface area contributed by atoms with Gasteiger partial charge in [-0.25, -0.2) is 12.8 Å². The molecule has 0 atom stereocenters. The van der Waals surface area contributed by atoms with Crippen molar-refractivity contribution in [2.24, 2.45) is 5.73 Å². The second-order valence-corrected chi connectivity index (χ2v) is 5.26. The summed E-state index contributed by atoms with van der Waals surface area (Å²) in [6, 6.07) is 3.73. The van der Waals surface area contributed by atoms with Gasteiger partial charge < -0.3 is 10.5 Å². The molecule has 96 valence electrons. The molecule has 0 aliphatic carbocycles. The van der Waals surface area contributed by atoms with E-state index >= 15 is 0 Å². The first-order valence-corrected chi connectivity index (χ1v) is 6.61. The van der Waals surface area contributed by atoms with E-state index in [4.69, 9.17) is 5.73 Å².